The zero-order chi connectivity index (χ0) is 22.1. The Balaban J connectivity index is 1.77. The number of nitrogens with one attached hydrogen (secondary N) is 1. The number of anilines is 1. The second kappa shape index (κ2) is 9.12. The molecule has 0 unspecified atom stereocenters. The van der Waals surface area contributed by atoms with E-state index in [1.165, 1.54) is 0 Å². The van der Waals surface area contributed by atoms with Crippen molar-refractivity contribution < 1.29 is 4.79 Å². The normalized spacial score (nSPS) is 10.9. The quantitative estimate of drug-likeness (QED) is 0.275. The van der Waals surface area contributed by atoms with Crippen molar-refractivity contribution in [2.24, 2.45) is 0 Å². The molecule has 0 fully saturated rings. The molecule has 0 saturated heterocycles. The average Bonchev–Trinajstić information content (AvgIpc) is 3.18. The molecular weight excluding hydrogens is 567 g/mol. The van der Waals surface area contributed by atoms with E-state index in [4.69, 9.17) is 23.2 Å². The maximum Gasteiger partial charge on any atom is 0.295 e. The number of benzene rings is 3. The third kappa shape index (κ3) is 4.85. The summed E-state index contributed by atoms with van der Waals surface area (Å²) < 4.78 is 3.44. The topological polar surface area (TPSA) is 59.8 Å². The van der Waals surface area contributed by atoms with Crippen LogP contribution >= 0.6 is 55.1 Å². The zero-order valence-corrected chi connectivity index (χ0v) is 20.7. The van der Waals surface area contributed by atoms with Crippen molar-refractivity contribution in [2.45, 2.75) is 6.92 Å². The van der Waals surface area contributed by atoms with E-state index in [0.29, 0.717) is 27.2 Å². The fraction of sp³-hybridized carbons (Fsp3) is 0.0455. The maximum atomic E-state index is 12.9. The summed E-state index contributed by atoms with van der Waals surface area (Å²) in [7, 11) is 0. The first kappa shape index (κ1) is 22.0. The largest absolute Gasteiger partial charge is 0.319 e. The van der Waals surface area contributed by atoms with Crippen molar-refractivity contribution in [1.29, 1.82) is 0 Å². The van der Waals surface area contributed by atoms with Crippen LogP contribution in [0.5, 0.6) is 0 Å². The van der Waals surface area contributed by atoms with Crippen molar-refractivity contribution in [2.75, 3.05) is 5.32 Å². The minimum Gasteiger partial charge on any atom is -0.319 e. The van der Waals surface area contributed by atoms with Crippen molar-refractivity contribution in [3.8, 4) is 17.1 Å². The Labute approximate surface area is 205 Å². The third-order valence-corrected chi connectivity index (χ3v) is 6.26. The SMILES string of the molecule is Cc1cc(Br)ccc1NC(=O)c1nc(-c2ccc(Br)cc2)n(-c2ccc(Cl)c(Cl)c2)n1. The fourth-order valence-corrected chi connectivity index (χ4v) is 3.97. The molecule has 0 spiro atoms. The summed E-state index contributed by atoms with van der Waals surface area (Å²) in [5.74, 6) is 0.123. The summed E-state index contributed by atoms with van der Waals surface area (Å²) in [6, 6.07) is 18.3. The molecule has 0 saturated carbocycles. The Morgan fingerprint density at radius 2 is 1.65 bits per heavy atom. The van der Waals surface area contributed by atoms with Gasteiger partial charge in [-0.25, -0.2) is 9.67 Å². The van der Waals surface area contributed by atoms with Gasteiger partial charge in [0, 0.05) is 20.2 Å². The van der Waals surface area contributed by atoms with Gasteiger partial charge in [0.25, 0.3) is 5.91 Å². The lowest BCUT2D eigenvalue weighted by molar-refractivity contribution is 0.101. The standard InChI is InChI=1S/C22H14Br2Cl2N4O/c1-12-10-15(24)6-9-19(12)27-22(31)20-28-21(13-2-4-14(23)5-3-13)30(29-20)16-7-8-17(25)18(26)11-16/h2-11H,1H3,(H,27,31). The fourth-order valence-electron chi connectivity index (χ4n) is 2.94. The number of carbonyl (C=O) groups excluding carboxylic acids is 1. The van der Waals surface area contributed by atoms with Crippen LogP contribution in [0.2, 0.25) is 10.0 Å². The molecule has 0 bridgehead atoms. The van der Waals surface area contributed by atoms with Crippen LogP contribution in [0.25, 0.3) is 17.1 Å². The number of carbonyl (C=O) groups is 1. The van der Waals surface area contributed by atoms with Gasteiger partial charge in [-0.05, 0) is 61.0 Å². The molecule has 0 radical (unpaired) electrons. The van der Waals surface area contributed by atoms with Crippen LogP contribution in [-0.2, 0) is 0 Å². The van der Waals surface area contributed by atoms with E-state index in [-0.39, 0.29) is 5.82 Å². The van der Waals surface area contributed by atoms with E-state index in [0.717, 1.165) is 20.1 Å². The first-order valence-corrected chi connectivity index (χ1v) is 11.4. The highest BCUT2D eigenvalue weighted by molar-refractivity contribution is 9.10. The highest BCUT2D eigenvalue weighted by Crippen LogP contribution is 2.28. The van der Waals surface area contributed by atoms with Gasteiger partial charge in [-0.15, -0.1) is 5.10 Å². The molecule has 156 valence electrons. The van der Waals surface area contributed by atoms with Crippen LogP contribution in [0.15, 0.2) is 69.6 Å². The molecule has 1 heterocycles. The molecule has 1 aromatic heterocycles. The van der Waals surface area contributed by atoms with Crippen LogP contribution in [0.4, 0.5) is 5.69 Å². The van der Waals surface area contributed by atoms with E-state index in [1.807, 2.05) is 49.4 Å². The van der Waals surface area contributed by atoms with Gasteiger partial charge in [0.15, 0.2) is 5.82 Å². The Morgan fingerprint density at radius 3 is 2.32 bits per heavy atom. The van der Waals surface area contributed by atoms with Crippen molar-refractivity contribution in [3.05, 3.63) is 91.0 Å². The summed E-state index contributed by atoms with van der Waals surface area (Å²) >= 11 is 19.1. The molecule has 0 atom stereocenters. The molecular formula is C22H14Br2Cl2N4O. The number of hydrogen-bond acceptors (Lipinski definition) is 3. The van der Waals surface area contributed by atoms with Crippen molar-refractivity contribution in [3.63, 3.8) is 0 Å². The predicted octanol–water partition coefficient (Wildman–Crippen LogP) is 7.33. The second-order valence-corrected chi connectivity index (χ2v) is 9.34. The summed E-state index contributed by atoms with van der Waals surface area (Å²) in [6.07, 6.45) is 0. The Bertz CT molecular complexity index is 1290. The lowest BCUT2D eigenvalue weighted by Gasteiger charge is -2.07. The van der Waals surface area contributed by atoms with E-state index in [2.05, 4.69) is 47.3 Å². The molecule has 1 N–H and O–H groups in total. The zero-order valence-electron chi connectivity index (χ0n) is 16.0. The second-order valence-electron chi connectivity index (χ2n) is 6.69. The van der Waals surface area contributed by atoms with E-state index in [1.54, 1.807) is 22.9 Å². The Kier molecular flexibility index (Phi) is 6.48. The number of nitrogens with zero attached hydrogens (tertiary/aromatic N) is 3. The number of aromatic nitrogens is 3. The molecule has 0 aliphatic heterocycles. The number of amides is 1. The van der Waals surface area contributed by atoms with Crippen LogP contribution in [-0.4, -0.2) is 20.7 Å². The van der Waals surface area contributed by atoms with Gasteiger partial charge in [-0.2, -0.15) is 0 Å². The third-order valence-electron chi connectivity index (χ3n) is 4.50. The lowest BCUT2D eigenvalue weighted by Crippen LogP contribution is -2.15. The molecule has 4 aromatic rings. The van der Waals surface area contributed by atoms with Gasteiger partial charge < -0.3 is 5.32 Å². The maximum absolute atomic E-state index is 12.9. The Morgan fingerprint density at radius 1 is 0.935 bits per heavy atom. The van der Waals surface area contributed by atoms with Crippen LogP contribution in [0, 0.1) is 6.92 Å². The minimum absolute atomic E-state index is 0.0336. The summed E-state index contributed by atoms with van der Waals surface area (Å²) in [6.45, 7) is 1.91. The highest BCUT2D eigenvalue weighted by atomic mass is 79.9. The molecule has 31 heavy (non-hydrogen) atoms. The van der Waals surface area contributed by atoms with Gasteiger partial charge >= 0.3 is 0 Å². The predicted molar refractivity (Wildman–Crippen MR) is 131 cm³/mol. The molecule has 3 aromatic carbocycles. The highest BCUT2D eigenvalue weighted by Gasteiger charge is 2.20. The first-order chi connectivity index (χ1) is 14.8. The minimum atomic E-state index is -0.414. The van der Waals surface area contributed by atoms with Gasteiger partial charge in [-0.3, -0.25) is 4.79 Å². The summed E-state index contributed by atoms with van der Waals surface area (Å²) in [5, 5.41) is 8.15. The first-order valence-electron chi connectivity index (χ1n) is 9.08. The molecule has 9 heteroatoms. The van der Waals surface area contributed by atoms with E-state index >= 15 is 0 Å². The van der Waals surface area contributed by atoms with Gasteiger partial charge in [0.2, 0.25) is 5.82 Å². The number of halogens is 4. The monoisotopic (exact) mass is 578 g/mol. The molecule has 0 aliphatic rings. The van der Waals surface area contributed by atoms with Gasteiger partial charge in [0.05, 0.1) is 15.7 Å². The van der Waals surface area contributed by atoms with E-state index in [9.17, 15) is 4.79 Å². The number of hydrogen-bond donors (Lipinski definition) is 1. The van der Waals surface area contributed by atoms with Gasteiger partial charge in [0.1, 0.15) is 0 Å². The summed E-state index contributed by atoms with van der Waals surface area (Å²) in [4.78, 5) is 17.5. The van der Waals surface area contributed by atoms with Crippen LogP contribution < -0.4 is 5.32 Å². The smallest absolute Gasteiger partial charge is 0.295 e. The van der Waals surface area contributed by atoms with Crippen molar-refractivity contribution >= 4 is 66.7 Å². The average molecular weight is 581 g/mol. The number of rotatable bonds is 4. The van der Waals surface area contributed by atoms with Crippen molar-refractivity contribution in [1.82, 2.24) is 14.8 Å². The Hall–Kier alpha value is -2.19. The van der Waals surface area contributed by atoms with Gasteiger partial charge in [-0.1, -0.05) is 67.2 Å². The summed E-state index contributed by atoms with van der Waals surface area (Å²) in [5.41, 5.74) is 3.03. The number of aryl methyl sites for hydroxylation is 1. The van der Waals surface area contributed by atoms with Crippen LogP contribution in [0.1, 0.15) is 16.2 Å². The molecule has 4 rings (SSSR count). The van der Waals surface area contributed by atoms with E-state index < -0.39 is 5.91 Å². The molecule has 1 amide bonds. The molecule has 0 aliphatic carbocycles. The molecule has 5 nitrogen and oxygen atoms in total. The lowest BCUT2D eigenvalue weighted by atomic mass is 10.2. The van der Waals surface area contributed by atoms with Crippen LogP contribution in [0.3, 0.4) is 0 Å².